The number of hydrogen-bond acceptors (Lipinski definition) is 4. The molecule has 0 saturated carbocycles. The number of hydrogen-bond donors (Lipinski definition) is 2. The number of fused-ring (bicyclic) bond motifs is 1. The zero-order valence-electron chi connectivity index (χ0n) is 12.7. The number of aryl methyl sites for hydroxylation is 2. The van der Waals surface area contributed by atoms with Gasteiger partial charge < -0.3 is 14.9 Å². The first-order chi connectivity index (χ1) is 11.0. The van der Waals surface area contributed by atoms with Gasteiger partial charge in [-0.15, -0.1) is 0 Å². The highest BCUT2D eigenvalue weighted by atomic mass is 35.5. The average molecular weight is 331 g/mol. The molecule has 0 spiro atoms. The monoisotopic (exact) mass is 330 g/mol. The van der Waals surface area contributed by atoms with Crippen LogP contribution in [0.25, 0.3) is 11.0 Å². The molecule has 0 aliphatic heterocycles. The third-order valence-electron chi connectivity index (χ3n) is 3.73. The summed E-state index contributed by atoms with van der Waals surface area (Å²) in [5.41, 5.74) is 2.98. The Morgan fingerprint density at radius 1 is 1.35 bits per heavy atom. The zero-order chi connectivity index (χ0) is 16.6. The number of carboxylic acids is 1. The maximum Gasteiger partial charge on any atom is 0.341 e. The number of anilines is 2. The van der Waals surface area contributed by atoms with Crippen molar-refractivity contribution in [1.29, 1.82) is 0 Å². The van der Waals surface area contributed by atoms with Gasteiger partial charge in [0.1, 0.15) is 5.56 Å². The summed E-state index contributed by atoms with van der Waals surface area (Å²) in [6, 6.07) is 9.55. The Morgan fingerprint density at radius 3 is 2.65 bits per heavy atom. The van der Waals surface area contributed by atoms with Crippen LogP contribution in [0.5, 0.6) is 0 Å². The molecule has 23 heavy (non-hydrogen) atoms. The molecule has 0 aliphatic rings. The average Bonchev–Trinajstić information content (AvgIpc) is 2.91. The standard InChI is InChI=1S/C17H15ClN2O3/c1-3-10-4-6-11(7-5-10)19-16-13-9(2)8-12(18)14(17(21)22)15(13)23-20-16/h4-8H,3H2,1-2H3,(H,19,20)(H,21,22). The predicted molar refractivity (Wildman–Crippen MR) is 89.8 cm³/mol. The Hall–Kier alpha value is -2.53. The molecule has 3 aromatic rings. The van der Waals surface area contributed by atoms with E-state index in [2.05, 4.69) is 17.4 Å². The number of carbonyl (C=O) groups is 1. The summed E-state index contributed by atoms with van der Waals surface area (Å²) in [5.74, 6) is -0.670. The molecule has 0 unspecified atom stereocenters. The Labute approximate surface area is 137 Å². The minimum Gasteiger partial charge on any atom is -0.477 e. The molecule has 0 amide bonds. The van der Waals surface area contributed by atoms with Gasteiger partial charge in [0, 0.05) is 5.69 Å². The molecule has 2 aromatic carbocycles. The summed E-state index contributed by atoms with van der Waals surface area (Å²) in [4.78, 5) is 11.4. The molecule has 6 heteroatoms. The lowest BCUT2D eigenvalue weighted by molar-refractivity contribution is 0.0697. The maximum atomic E-state index is 11.4. The first-order valence-corrected chi connectivity index (χ1v) is 7.56. The van der Waals surface area contributed by atoms with Crippen molar-refractivity contribution < 1.29 is 14.4 Å². The van der Waals surface area contributed by atoms with Crippen molar-refractivity contribution in [2.45, 2.75) is 20.3 Å². The third-order valence-corrected chi connectivity index (χ3v) is 4.03. The summed E-state index contributed by atoms with van der Waals surface area (Å²) < 4.78 is 5.24. The highest BCUT2D eigenvalue weighted by Gasteiger charge is 2.22. The number of aromatic carboxylic acids is 1. The number of nitrogens with one attached hydrogen (secondary N) is 1. The number of rotatable bonds is 4. The molecular formula is C17H15ClN2O3. The lowest BCUT2D eigenvalue weighted by atomic mass is 10.1. The largest absolute Gasteiger partial charge is 0.477 e. The van der Waals surface area contributed by atoms with Gasteiger partial charge in [-0.2, -0.15) is 0 Å². The summed E-state index contributed by atoms with van der Waals surface area (Å²) >= 11 is 6.02. The first kappa shape index (κ1) is 15.4. The van der Waals surface area contributed by atoms with Crippen LogP contribution >= 0.6 is 11.6 Å². The summed E-state index contributed by atoms with van der Waals surface area (Å²) in [5, 5.41) is 17.2. The minimum absolute atomic E-state index is 0.0749. The predicted octanol–water partition coefficient (Wildman–Crippen LogP) is 4.79. The van der Waals surface area contributed by atoms with E-state index in [1.54, 1.807) is 6.07 Å². The SMILES string of the molecule is CCc1ccc(Nc2noc3c(C(=O)O)c(Cl)cc(C)c23)cc1. The second kappa shape index (κ2) is 5.93. The second-order valence-corrected chi connectivity index (χ2v) is 5.67. The lowest BCUT2D eigenvalue weighted by Crippen LogP contribution is -1.99. The molecule has 0 saturated heterocycles. The lowest BCUT2D eigenvalue weighted by Gasteiger charge is -2.06. The molecule has 1 aromatic heterocycles. The van der Waals surface area contributed by atoms with Crippen molar-refractivity contribution in [1.82, 2.24) is 5.16 Å². The number of benzene rings is 2. The van der Waals surface area contributed by atoms with Crippen LogP contribution in [0.3, 0.4) is 0 Å². The van der Waals surface area contributed by atoms with Gasteiger partial charge in [0.2, 0.25) is 0 Å². The highest BCUT2D eigenvalue weighted by molar-refractivity contribution is 6.35. The van der Waals surface area contributed by atoms with Crippen molar-refractivity contribution in [3.8, 4) is 0 Å². The van der Waals surface area contributed by atoms with Gasteiger partial charge in [-0.3, -0.25) is 0 Å². The summed E-state index contributed by atoms with van der Waals surface area (Å²) in [6.07, 6.45) is 0.965. The van der Waals surface area contributed by atoms with Crippen molar-refractivity contribution in [2.24, 2.45) is 0 Å². The van der Waals surface area contributed by atoms with Crippen LogP contribution < -0.4 is 5.32 Å². The topological polar surface area (TPSA) is 75.4 Å². The van der Waals surface area contributed by atoms with Gasteiger partial charge in [0.05, 0.1) is 10.4 Å². The van der Waals surface area contributed by atoms with Crippen molar-refractivity contribution in [2.75, 3.05) is 5.32 Å². The Bertz CT molecular complexity index is 885. The number of aromatic nitrogens is 1. The van der Waals surface area contributed by atoms with Crippen molar-refractivity contribution in [3.05, 3.63) is 52.0 Å². The molecule has 0 atom stereocenters. The summed E-state index contributed by atoms with van der Waals surface area (Å²) in [6.45, 7) is 3.93. The van der Waals surface area contributed by atoms with Crippen LogP contribution in [0.4, 0.5) is 11.5 Å². The van der Waals surface area contributed by atoms with Crippen LogP contribution in [0.2, 0.25) is 5.02 Å². The van der Waals surface area contributed by atoms with E-state index in [0.717, 1.165) is 17.7 Å². The van der Waals surface area contributed by atoms with E-state index in [0.29, 0.717) is 11.2 Å². The smallest absolute Gasteiger partial charge is 0.341 e. The first-order valence-electron chi connectivity index (χ1n) is 7.19. The third kappa shape index (κ3) is 2.75. The van der Waals surface area contributed by atoms with E-state index in [4.69, 9.17) is 16.1 Å². The number of nitrogens with zero attached hydrogens (tertiary/aromatic N) is 1. The fraction of sp³-hybridized carbons (Fsp3) is 0.176. The fourth-order valence-corrected chi connectivity index (χ4v) is 2.84. The number of halogens is 1. The molecule has 2 N–H and O–H groups in total. The van der Waals surface area contributed by atoms with Crippen LogP contribution in [-0.2, 0) is 6.42 Å². The molecule has 0 bridgehead atoms. The molecular weight excluding hydrogens is 316 g/mol. The van der Waals surface area contributed by atoms with E-state index in [1.165, 1.54) is 5.56 Å². The van der Waals surface area contributed by atoms with Gasteiger partial charge in [-0.25, -0.2) is 4.79 Å². The quantitative estimate of drug-likeness (QED) is 0.719. The van der Waals surface area contributed by atoms with Crippen molar-refractivity contribution >= 4 is 40.0 Å². The van der Waals surface area contributed by atoms with E-state index < -0.39 is 5.97 Å². The summed E-state index contributed by atoms with van der Waals surface area (Å²) in [7, 11) is 0. The second-order valence-electron chi connectivity index (χ2n) is 5.27. The molecule has 5 nitrogen and oxygen atoms in total. The number of carboxylic acid groups (broad SMARTS) is 1. The molecule has 1 heterocycles. The Kier molecular flexibility index (Phi) is 3.96. The van der Waals surface area contributed by atoms with Crippen molar-refractivity contribution in [3.63, 3.8) is 0 Å². The minimum atomic E-state index is -1.14. The van der Waals surface area contributed by atoms with E-state index >= 15 is 0 Å². The van der Waals surface area contributed by atoms with Crippen LogP contribution in [0.15, 0.2) is 34.9 Å². The van der Waals surface area contributed by atoms with Gasteiger partial charge >= 0.3 is 5.97 Å². The van der Waals surface area contributed by atoms with Gasteiger partial charge in [0.15, 0.2) is 11.4 Å². The molecule has 3 rings (SSSR count). The highest BCUT2D eigenvalue weighted by Crippen LogP contribution is 2.35. The fourth-order valence-electron chi connectivity index (χ4n) is 2.51. The Balaban J connectivity index is 2.08. The van der Waals surface area contributed by atoms with Gasteiger partial charge in [-0.05, 0) is 42.7 Å². The van der Waals surface area contributed by atoms with E-state index in [1.807, 2.05) is 31.2 Å². The van der Waals surface area contributed by atoms with E-state index in [-0.39, 0.29) is 16.2 Å². The molecule has 0 fully saturated rings. The van der Waals surface area contributed by atoms with Crippen LogP contribution in [-0.4, -0.2) is 16.2 Å². The molecule has 118 valence electrons. The molecule has 0 aliphatic carbocycles. The zero-order valence-corrected chi connectivity index (χ0v) is 13.4. The van der Waals surface area contributed by atoms with Gasteiger partial charge in [-0.1, -0.05) is 35.8 Å². The van der Waals surface area contributed by atoms with Gasteiger partial charge in [0.25, 0.3) is 0 Å². The Morgan fingerprint density at radius 2 is 2.04 bits per heavy atom. The molecule has 0 radical (unpaired) electrons. The van der Waals surface area contributed by atoms with Crippen LogP contribution in [0, 0.1) is 6.92 Å². The van der Waals surface area contributed by atoms with E-state index in [9.17, 15) is 9.90 Å². The van der Waals surface area contributed by atoms with Crippen LogP contribution in [0.1, 0.15) is 28.4 Å². The normalized spacial score (nSPS) is 10.9. The maximum absolute atomic E-state index is 11.4.